The topological polar surface area (TPSA) is 52.0 Å². The first-order valence-electron chi connectivity index (χ1n) is 4.18. The van der Waals surface area contributed by atoms with Crippen molar-refractivity contribution in [2.45, 2.75) is 6.92 Å². The lowest BCUT2D eigenvalue weighted by molar-refractivity contribution is 1.15. The van der Waals surface area contributed by atoms with Gasteiger partial charge in [-0.25, -0.2) is 0 Å². The van der Waals surface area contributed by atoms with Crippen molar-refractivity contribution < 1.29 is 0 Å². The molecule has 2 heterocycles. The fourth-order valence-corrected chi connectivity index (χ4v) is 1.48. The first kappa shape index (κ1) is 8.34. The summed E-state index contributed by atoms with van der Waals surface area (Å²) < 4.78 is 1.73. The van der Waals surface area contributed by atoms with Gasteiger partial charge in [0.1, 0.15) is 17.8 Å². The highest BCUT2D eigenvalue weighted by Gasteiger charge is 2.07. The predicted octanol–water partition coefficient (Wildman–Crippen LogP) is 1.99. The third kappa shape index (κ3) is 1.04. The molecule has 0 radical (unpaired) electrons. The van der Waals surface area contributed by atoms with Crippen LogP contribution in [0.5, 0.6) is 0 Å². The molecular weight excluding hydrogens is 174 g/mol. The maximum atomic E-state index is 8.86. The minimum atomic E-state index is 0.497. The molecule has 0 fully saturated rings. The monoisotopic (exact) mass is 181 g/mol. The fraction of sp³-hybridized carbons (Fsp3) is 0.0909. The maximum Gasteiger partial charge on any atom is 0.126 e. The Morgan fingerprint density at radius 3 is 2.64 bits per heavy atom. The van der Waals surface area contributed by atoms with Crippen molar-refractivity contribution in [1.82, 2.24) is 4.40 Å². The quantitative estimate of drug-likeness (QED) is 0.624. The van der Waals surface area contributed by atoms with E-state index >= 15 is 0 Å². The van der Waals surface area contributed by atoms with Gasteiger partial charge in [0.15, 0.2) is 0 Å². The summed E-state index contributed by atoms with van der Waals surface area (Å²) in [5.41, 5.74) is 2.92. The van der Waals surface area contributed by atoms with E-state index in [1.807, 2.05) is 25.3 Å². The highest BCUT2D eigenvalue weighted by molar-refractivity contribution is 5.65. The Labute approximate surface area is 81.4 Å². The van der Waals surface area contributed by atoms with E-state index in [2.05, 4.69) is 12.1 Å². The van der Waals surface area contributed by atoms with Crippen molar-refractivity contribution >= 4 is 5.52 Å². The van der Waals surface area contributed by atoms with Crippen LogP contribution in [0.3, 0.4) is 0 Å². The van der Waals surface area contributed by atoms with Crippen LogP contribution in [0.15, 0.2) is 24.4 Å². The number of aryl methyl sites for hydroxylation is 1. The zero-order valence-corrected chi connectivity index (χ0v) is 7.65. The zero-order valence-electron chi connectivity index (χ0n) is 7.65. The van der Waals surface area contributed by atoms with Gasteiger partial charge in [0.2, 0.25) is 0 Å². The third-order valence-corrected chi connectivity index (χ3v) is 2.16. The van der Waals surface area contributed by atoms with E-state index in [0.29, 0.717) is 11.3 Å². The third-order valence-electron chi connectivity index (χ3n) is 2.16. The molecule has 14 heavy (non-hydrogen) atoms. The van der Waals surface area contributed by atoms with Gasteiger partial charge in [0.25, 0.3) is 0 Å². The zero-order chi connectivity index (χ0) is 10.1. The molecule has 2 rings (SSSR count). The number of hydrogen-bond acceptors (Lipinski definition) is 2. The highest BCUT2D eigenvalue weighted by Crippen LogP contribution is 2.16. The molecule has 0 saturated carbocycles. The fourth-order valence-electron chi connectivity index (χ4n) is 1.48. The summed E-state index contributed by atoms with van der Waals surface area (Å²) in [6, 6.07) is 9.56. The molecular formula is C11H7N3. The van der Waals surface area contributed by atoms with Crippen molar-refractivity contribution in [3.63, 3.8) is 0 Å². The van der Waals surface area contributed by atoms with E-state index < -0.39 is 0 Å². The lowest BCUT2D eigenvalue weighted by atomic mass is 10.2. The van der Waals surface area contributed by atoms with E-state index in [-0.39, 0.29) is 0 Å². The van der Waals surface area contributed by atoms with Crippen LogP contribution in [0, 0.1) is 29.6 Å². The van der Waals surface area contributed by atoms with E-state index in [4.69, 9.17) is 10.5 Å². The van der Waals surface area contributed by atoms with E-state index in [9.17, 15) is 0 Å². The van der Waals surface area contributed by atoms with E-state index in [0.717, 1.165) is 11.1 Å². The standard InChI is InChI=1S/C11H7N3/c1-8-2-3-14-10(7-13)5-9(6-12)11(14)4-8/h2-5H,1H3. The Bertz CT molecular complexity index is 579. The number of rotatable bonds is 0. The van der Waals surface area contributed by atoms with Gasteiger partial charge in [-0.3, -0.25) is 0 Å². The SMILES string of the molecule is Cc1ccn2c(C#N)cc(C#N)c2c1. The van der Waals surface area contributed by atoms with Crippen molar-refractivity contribution in [1.29, 1.82) is 10.5 Å². The Balaban J connectivity index is 2.93. The number of hydrogen-bond donors (Lipinski definition) is 0. The van der Waals surface area contributed by atoms with Gasteiger partial charge in [-0.2, -0.15) is 10.5 Å². The summed E-state index contributed by atoms with van der Waals surface area (Å²) in [7, 11) is 0. The van der Waals surface area contributed by atoms with Gasteiger partial charge in [-0.05, 0) is 30.7 Å². The van der Waals surface area contributed by atoms with Crippen LogP contribution in [0.2, 0.25) is 0 Å². The summed E-state index contributed by atoms with van der Waals surface area (Å²) in [5, 5.41) is 17.7. The van der Waals surface area contributed by atoms with Gasteiger partial charge in [-0.15, -0.1) is 0 Å². The van der Waals surface area contributed by atoms with Crippen molar-refractivity contribution in [3.05, 3.63) is 41.2 Å². The second-order valence-corrected chi connectivity index (χ2v) is 3.13. The van der Waals surface area contributed by atoms with Gasteiger partial charge < -0.3 is 4.40 Å². The summed E-state index contributed by atoms with van der Waals surface area (Å²) >= 11 is 0. The molecule has 0 bridgehead atoms. The summed E-state index contributed by atoms with van der Waals surface area (Å²) in [6.07, 6.45) is 1.81. The van der Waals surface area contributed by atoms with Crippen LogP contribution in [0.25, 0.3) is 5.52 Å². The van der Waals surface area contributed by atoms with Gasteiger partial charge in [0, 0.05) is 6.20 Å². The molecule has 3 nitrogen and oxygen atoms in total. The number of nitrogens with zero attached hydrogens (tertiary/aromatic N) is 3. The second kappa shape index (κ2) is 2.90. The molecule has 0 N–H and O–H groups in total. The summed E-state index contributed by atoms with van der Waals surface area (Å²) in [4.78, 5) is 0. The molecule has 0 amide bonds. The molecule has 0 unspecified atom stereocenters. The molecule has 0 spiro atoms. The molecule has 0 atom stereocenters. The molecule has 3 heteroatoms. The Morgan fingerprint density at radius 1 is 1.21 bits per heavy atom. The molecule has 0 aliphatic heterocycles. The first-order valence-corrected chi connectivity index (χ1v) is 4.18. The highest BCUT2D eigenvalue weighted by atomic mass is 14.9. The summed E-state index contributed by atoms with van der Waals surface area (Å²) in [6.45, 7) is 1.96. The second-order valence-electron chi connectivity index (χ2n) is 3.13. The van der Waals surface area contributed by atoms with Crippen LogP contribution in [-0.2, 0) is 0 Å². The minimum absolute atomic E-state index is 0.497. The number of nitriles is 2. The van der Waals surface area contributed by atoms with Crippen LogP contribution >= 0.6 is 0 Å². The molecule has 2 aromatic heterocycles. The smallest absolute Gasteiger partial charge is 0.126 e. The molecule has 0 aliphatic carbocycles. The normalized spacial score (nSPS) is 9.64. The Kier molecular flexibility index (Phi) is 1.73. The molecule has 2 aromatic rings. The predicted molar refractivity (Wildman–Crippen MR) is 51.6 cm³/mol. The van der Waals surface area contributed by atoms with Crippen LogP contribution < -0.4 is 0 Å². The van der Waals surface area contributed by atoms with Crippen molar-refractivity contribution in [2.75, 3.05) is 0 Å². The van der Waals surface area contributed by atoms with Crippen LogP contribution in [0.1, 0.15) is 16.8 Å². The Hall–Kier alpha value is -2.26. The lowest BCUT2D eigenvalue weighted by Gasteiger charge is -1.97. The molecule has 0 aliphatic rings. The van der Waals surface area contributed by atoms with Gasteiger partial charge >= 0.3 is 0 Å². The first-order chi connectivity index (χ1) is 6.76. The number of fused-ring (bicyclic) bond motifs is 1. The van der Waals surface area contributed by atoms with Crippen molar-refractivity contribution in [3.8, 4) is 12.1 Å². The number of aromatic nitrogens is 1. The Morgan fingerprint density at radius 2 is 2.00 bits per heavy atom. The molecule has 66 valence electrons. The number of pyridine rings is 1. The average Bonchev–Trinajstić information content (AvgIpc) is 2.55. The van der Waals surface area contributed by atoms with Gasteiger partial charge in [0.05, 0.1) is 11.1 Å². The average molecular weight is 181 g/mol. The van der Waals surface area contributed by atoms with Gasteiger partial charge in [-0.1, -0.05) is 0 Å². The van der Waals surface area contributed by atoms with E-state index in [1.165, 1.54) is 0 Å². The molecule has 0 saturated heterocycles. The maximum absolute atomic E-state index is 8.86. The van der Waals surface area contributed by atoms with Crippen LogP contribution in [-0.4, -0.2) is 4.40 Å². The minimum Gasteiger partial charge on any atom is -0.307 e. The largest absolute Gasteiger partial charge is 0.307 e. The lowest BCUT2D eigenvalue weighted by Crippen LogP contribution is -1.87. The summed E-state index contributed by atoms with van der Waals surface area (Å²) in [5.74, 6) is 0. The molecule has 0 aromatic carbocycles. The van der Waals surface area contributed by atoms with Crippen molar-refractivity contribution in [2.24, 2.45) is 0 Å². The van der Waals surface area contributed by atoms with Crippen LogP contribution in [0.4, 0.5) is 0 Å². The van der Waals surface area contributed by atoms with E-state index in [1.54, 1.807) is 10.5 Å².